The average Bonchev–Trinajstić information content (AvgIpc) is 2.71. The normalized spacial score (nSPS) is 18.3. The van der Waals surface area contributed by atoms with Gasteiger partial charge in [0.1, 0.15) is 0 Å². The summed E-state index contributed by atoms with van der Waals surface area (Å²) in [5.74, 6) is 1.19. The molecule has 0 unspecified atom stereocenters. The molecule has 1 spiro atoms. The molecule has 1 amide bonds. The zero-order valence-corrected chi connectivity index (χ0v) is 21.6. The first-order valence-electron chi connectivity index (χ1n) is 12.5. The fraction of sp³-hybridized carbons (Fsp3) is 0.960. The van der Waals surface area contributed by atoms with Gasteiger partial charge in [-0.2, -0.15) is 0 Å². The number of likely N-dealkylation sites (tertiary alicyclic amines) is 1. The van der Waals surface area contributed by atoms with Crippen LogP contribution in [-0.2, 0) is 9.53 Å². The van der Waals surface area contributed by atoms with E-state index in [4.69, 9.17) is 4.74 Å². The molecule has 0 saturated carbocycles. The fourth-order valence-corrected chi connectivity index (χ4v) is 3.64. The summed E-state index contributed by atoms with van der Waals surface area (Å²) in [5, 5.41) is 0. The van der Waals surface area contributed by atoms with Crippen molar-refractivity contribution >= 4 is 5.91 Å². The second-order valence-corrected chi connectivity index (χ2v) is 8.53. The molecule has 4 nitrogen and oxygen atoms in total. The van der Waals surface area contributed by atoms with Crippen LogP contribution in [0.1, 0.15) is 101 Å². The Bertz CT molecular complexity index is 375. The Balaban J connectivity index is 0. The summed E-state index contributed by atoms with van der Waals surface area (Å²) in [6.45, 7) is 26.7. The maximum Gasteiger partial charge on any atom is 0.225 e. The predicted molar refractivity (Wildman–Crippen MR) is 129 cm³/mol. The number of amides is 1. The number of rotatable bonds is 5. The highest BCUT2D eigenvalue weighted by molar-refractivity contribution is 5.78. The molecule has 0 N–H and O–H groups in total. The Labute approximate surface area is 183 Å². The minimum atomic E-state index is 0.00381. The van der Waals surface area contributed by atoms with E-state index in [1.54, 1.807) is 0 Å². The highest BCUT2D eigenvalue weighted by Crippen LogP contribution is 2.30. The Kier molecular flexibility index (Phi) is 19.2. The number of carbonyl (C=O) groups is 1. The van der Waals surface area contributed by atoms with Gasteiger partial charge in [-0.05, 0) is 38.1 Å². The van der Waals surface area contributed by atoms with E-state index in [1.165, 1.54) is 25.8 Å². The van der Waals surface area contributed by atoms with E-state index >= 15 is 0 Å². The average molecular weight is 415 g/mol. The molecule has 0 aromatic heterocycles. The molecule has 0 aromatic carbocycles. The van der Waals surface area contributed by atoms with Gasteiger partial charge in [0, 0.05) is 32.1 Å². The van der Waals surface area contributed by atoms with Gasteiger partial charge in [-0.3, -0.25) is 9.69 Å². The number of nitrogens with zero attached hydrogens (tertiary/aromatic N) is 2. The Hall–Kier alpha value is -0.610. The molecule has 0 aromatic rings. The third-order valence-electron chi connectivity index (χ3n) is 5.06. The molecule has 2 heterocycles. The van der Waals surface area contributed by atoms with E-state index in [9.17, 15) is 4.79 Å². The van der Waals surface area contributed by atoms with Gasteiger partial charge in [0.25, 0.3) is 0 Å². The van der Waals surface area contributed by atoms with Crippen LogP contribution in [-0.4, -0.2) is 60.6 Å². The summed E-state index contributed by atoms with van der Waals surface area (Å²) < 4.78 is 6.17. The largest absolute Gasteiger partial charge is 0.372 e. The molecule has 176 valence electrons. The zero-order chi connectivity index (χ0) is 22.9. The molecule has 0 bridgehead atoms. The van der Waals surface area contributed by atoms with Crippen molar-refractivity contribution in [1.29, 1.82) is 0 Å². The van der Waals surface area contributed by atoms with Crippen molar-refractivity contribution in [2.45, 2.75) is 107 Å². The van der Waals surface area contributed by atoms with Crippen LogP contribution in [0.2, 0.25) is 0 Å². The van der Waals surface area contributed by atoms with E-state index in [1.807, 2.05) is 46.4 Å². The molecule has 0 atom stereocenters. The highest BCUT2D eigenvalue weighted by atomic mass is 16.5. The van der Waals surface area contributed by atoms with Crippen molar-refractivity contribution in [2.75, 3.05) is 39.3 Å². The lowest BCUT2D eigenvalue weighted by Gasteiger charge is -2.47. The lowest BCUT2D eigenvalue weighted by atomic mass is 9.88. The molecular weight excluding hydrogens is 360 g/mol. The summed E-state index contributed by atoms with van der Waals surface area (Å²) in [4.78, 5) is 16.7. The first-order valence-corrected chi connectivity index (χ1v) is 12.5. The van der Waals surface area contributed by atoms with Gasteiger partial charge in [-0.25, -0.2) is 0 Å². The molecule has 2 aliphatic heterocycles. The van der Waals surface area contributed by atoms with Gasteiger partial charge >= 0.3 is 0 Å². The first kappa shape index (κ1) is 30.6. The van der Waals surface area contributed by atoms with Crippen molar-refractivity contribution in [3.63, 3.8) is 0 Å². The number of piperidine rings is 1. The Morgan fingerprint density at radius 1 is 0.966 bits per heavy atom. The summed E-state index contributed by atoms with van der Waals surface area (Å²) in [5.41, 5.74) is 0.00381. The Morgan fingerprint density at radius 2 is 1.48 bits per heavy atom. The zero-order valence-electron chi connectivity index (χ0n) is 21.6. The van der Waals surface area contributed by atoms with E-state index in [2.05, 4.69) is 32.6 Å². The van der Waals surface area contributed by atoms with Gasteiger partial charge in [0.05, 0.1) is 12.2 Å². The molecule has 2 fully saturated rings. The SMILES string of the molecule is CC.CC.CC(C)CCCN1CCOC2(CCN(C(=O)C(C)C)CC2)C1.CCC. The van der Waals surface area contributed by atoms with Crippen LogP contribution in [0.5, 0.6) is 0 Å². The van der Waals surface area contributed by atoms with Crippen LogP contribution in [0.15, 0.2) is 0 Å². The van der Waals surface area contributed by atoms with Crippen molar-refractivity contribution in [1.82, 2.24) is 9.80 Å². The van der Waals surface area contributed by atoms with Gasteiger partial charge in [0.2, 0.25) is 5.91 Å². The Morgan fingerprint density at radius 3 is 1.93 bits per heavy atom. The van der Waals surface area contributed by atoms with Crippen molar-refractivity contribution in [3.05, 3.63) is 0 Å². The molecule has 2 saturated heterocycles. The molecule has 2 rings (SSSR count). The fourth-order valence-electron chi connectivity index (χ4n) is 3.64. The van der Waals surface area contributed by atoms with E-state index in [-0.39, 0.29) is 11.5 Å². The molecular formula is C25H54N2O2. The topological polar surface area (TPSA) is 32.8 Å². The third-order valence-corrected chi connectivity index (χ3v) is 5.06. The molecule has 4 heteroatoms. The smallest absolute Gasteiger partial charge is 0.225 e. The minimum absolute atomic E-state index is 0.00381. The van der Waals surface area contributed by atoms with Crippen molar-refractivity contribution in [2.24, 2.45) is 11.8 Å². The quantitative estimate of drug-likeness (QED) is 0.534. The maximum atomic E-state index is 12.1. The lowest BCUT2D eigenvalue weighted by molar-refractivity contribution is -0.152. The van der Waals surface area contributed by atoms with Crippen LogP contribution in [0, 0.1) is 11.8 Å². The number of hydrogen-bond donors (Lipinski definition) is 0. The summed E-state index contributed by atoms with van der Waals surface area (Å²) in [6.07, 6.45) is 5.82. The second kappa shape index (κ2) is 18.2. The van der Waals surface area contributed by atoms with Crippen LogP contribution >= 0.6 is 0 Å². The predicted octanol–water partition coefficient (Wildman–Crippen LogP) is 6.24. The third kappa shape index (κ3) is 12.6. The highest BCUT2D eigenvalue weighted by Gasteiger charge is 2.40. The van der Waals surface area contributed by atoms with Crippen LogP contribution in [0.25, 0.3) is 0 Å². The standard InChI is InChI=1S/C18H34N2O2.C3H8.2C2H6/c1-15(2)6-5-9-19-12-13-22-18(14-19)7-10-20(11-8-18)17(21)16(3)4;1-3-2;2*1-2/h15-16H,5-14H2,1-4H3;3H2,1-2H3;2*1-2H3. The second-order valence-electron chi connectivity index (χ2n) is 8.53. The molecule has 2 aliphatic rings. The van der Waals surface area contributed by atoms with E-state index in [0.29, 0.717) is 5.91 Å². The molecule has 0 aliphatic carbocycles. The summed E-state index contributed by atoms with van der Waals surface area (Å²) in [7, 11) is 0. The lowest BCUT2D eigenvalue weighted by Crippen LogP contribution is -2.57. The summed E-state index contributed by atoms with van der Waals surface area (Å²) in [6, 6.07) is 0. The number of hydrogen-bond acceptors (Lipinski definition) is 3. The number of morpholine rings is 1. The minimum Gasteiger partial charge on any atom is -0.372 e. The van der Waals surface area contributed by atoms with Crippen LogP contribution < -0.4 is 0 Å². The molecule has 29 heavy (non-hydrogen) atoms. The van der Waals surface area contributed by atoms with Crippen LogP contribution in [0.4, 0.5) is 0 Å². The molecule has 0 radical (unpaired) electrons. The van der Waals surface area contributed by atoms with Crippen molar-refractivity contribution in [3.8, 4) is 0 Å². The van der Waals surface area contributed by atoms with Crippen LogP contribution in [0.3, 0.4) is 0 Å². The maximum absolute atomic E-state index is 12.1. The first-order chi connectivity index (χ1) is 13.8. The number of ether oxygens (including phenoxy) is 1. The van der Waals surface area contributed by atoms with E-state index in [0.717, 1.165) is 51.5 Å². The van der Waals surface area contributed by atoms with Gasteiger partial charge in [-0.15, -0.1) is 0 Å². The monoisotopic (exact) mass is 414 g/mol. The van der Waals surface area contributed by atoms with Gasteiger partial charge in [0.15, 0.2) is 0 Å². The van der Waals surface area contributed by atoms with Gasteiger partial charge < -0.3 is 9.64 Å². The van der Waals surface area contributed by atoms with Gasteiger partial charge in [-0.1, -0.05) is 75.7 Å². The van der Waals surface area contributed by atoms with Crippen molar-refractivity contribution < 1.29 is 9.53 Å². The van der Waals surface area contributed by atoms with E-state index < -0.39 is 0 Å². The number of carbonyl (C=O) groups excluding carboxylic acids is 1. The summed E-state index contributed by atoms with van der Waals surface area (Å²) >= 11 is 0.